The van der Waals surface area contributed by atoms with Crippen molar-refractivity contribution in [2.45, 2.75) is 46.7 Å². The number of aromatic nitrogens is 2. The Kier molecular flexibility index (Phi) is 3.74. The molecule has 2 aromatic heterocycles. The van der Waals surface area contributed by atoms with Crippen LogP contribution in [0.5, 0.6) is 0 Å². The van der Waals surface area contributed by atoms with E-state index in [0.717, 1.165) is 36.4 Å². The minimum Gasteiger partial charge on any atom is -0.354 e. The first-order chi connectivity index (χ1) is 9.85. The molecule has 1 saturated heterocycles. The van der Waals surface area contributed by atoms with E-state index in [-0.39, 0.29) is 5.54 Å². The number of thiazole rings is 1. The monoisotopic (exact) mass is 306 g/mol. The quantitative estimate of drug-likeness (QED) is 0.943. The predicted octanol–water partition coefficient (Wildman–Crippen LogP) is 3.38. The molecule has 3 rings (SSSR count). The van der Waals surface area contributed by atoms with E-state index in [1.165, 1.54) is 11.5 Å². The smallest absolute Gasteiger partial charge is 0.195 e. The van der Waals surface area contributed by atoms with Gasteiger partial charge in [0.05, 0.1) is 5.69 Å². The molecule has 1 N–H and O–H groups in total. The molecule has 0 spiro atoms. The number of rotatable bonds is 3. The molecule has 21 heavy (non-hydrogen) atoms. The third-order valence-electron chi connectivity index (χ3n) is 4.41. The Bertz CT molecular complexity index is 612. The Labute approximate surface area is 131 Å². The third kappa shape index (κ3) is 2.94. The van der Waals surface area contributed by atoms with Crippen LogP contribution in [-0.2, 0) is 6.54 Å². The summed E-state index contributed by atoms with van der Waals surface area (Å²) in [4.78, 5) is 8.46. The van der Waals surface area contributed by atoms with Gasteiger partial charge in [0.2, 0.25) is 0 Å². The van der Waals surface area contributed by atoms with Gasteiger partial charge in [0, 0.05) is 36.8 Å². The molecule has 0 radical (unpaired) electrons. The normalized spacial score (nSPS) is 23.4. The van der Waals surface area contributed by atoms with Gasteiger partial charge in [0.25, 0.3) is 0 Å². The maximum absolute atomic E-state index is 4.89. The van der Waals surface area contributed by atoms with E-state index in [2.05, 4.69) is 60.8 Å². The lowest BCUT2D eigenvalue weighted by molar-refractivity contribution is 0.420. The molecule has 0 aromatic carbocycles. The molecule has 1 fully saturated rings. The lowest BCUT2D eigenvalue weighted by Gasteiger charge is -2.22. The molecule has 2 aromatic rings. The SMILES string of the molecule is CC1CN(c2nc3sccn3c2CNC(C)(C)C)CC1C. The summed E-state index contributed by atoms with van der Waals surface area (Å²) in [6, 6.07) is 0. The molecule has 0 aliphatic carbocycles. The maximum atomic E-state index is 4.89. The minimum absolute atomic E-state index is 0.114. The fourth-order valence-corrected chi connectivity index (χ4v) is 3.62. The Balaban J connectivity index is 1.92. The molecule has 0 amide bonds. The Hall–Kier alpha value is -1.07. The van der Waals surface area contributed by atoms with Crippen LogP contribution in [0.2, 0.25) is 0 Å². The van der Waals surface area contributed by atoms with Crippen LogP contribution in [0, 0.1) is 11.8 Å². The summed E-state index contributed by atoms with van der Waals surface area (Å²) in [6.45, 7) is 14.4. The van der Waals surface area contributed by atoms with Gasteiger partial charge in [-0.25, -0.2) is 4.98 Å². The largest absolute Gasteiger partial charge is 0.354 e. The molecule has 1 aliphatic heterocycles. The second-order valence-electron chi connectivity index (χ2n) is 7.40. The van der Waals surface area contributed by atoms with Crippen molar-refractivity contribution in [3.05, 3.63) is 17.3 Å². The molecule has 5 heteroatoms. The van der Waals surface area contributed by atoms with Crippen LogP contribution in [0.3, 0.4) is 0 Å². The highest BCUT2D eigenvalue weighted by Crippen LogP contribution is 2.31. The van der Waals surface area contributed by atoms with E-state index in [1.54, 1.807) is 11.3 Å². The molecule has 2 atom stereocenters. The zero-order valence-corrected chi connectivity index (χ0v) is 14.5. The van der Waals surface area contributed by atoms with Crippen molar-refractivity contribution in [3.8, 4) is 0 Å². The number of hydrogen-bond acceptors (Lipinski definition) is 4. The van der Waals surface area contributed by atoms with Crippen LogP contribution >= 0.6 is 11.3 Å². The number of hydrogen-bond donors (Lipinski definition) is 1. The Morgan fingerprint density at radius 2 is 1.95 bits per heavy atom. The number of fused-ring (bicyclic) bond motifs is 1. The van der Waals surface area contributed by atoms with Crippen LogP contribution in [0.25, 0.3) is 4.96 Å². The second kappa shape index (κ2) is 5.29. The van der Waals surface area contributed by atoms with E-state index in [1.807, 2.05) is 0 Å². The fourth-order valence-electron chi connectivity index (χ4n) is 2.89. The highest BCUT2D eigenvalue weighted by molar-refractivity contribution is 7.15. The van der Waals surface area contributed by atoms with Crippen molar-refractivity contribution >= 4 is 22.1 Å². The van der Waals surface area contributed by atoms with Gasteiger partial charge in [0.15, 0.2) is 10.8 Å². The maximum Gasteiger partial charge on any atom is 0.195 e. The Morgan fingerprint density at radius 3 is 2.57 bits per heavy atom. The van der Waals surface area contributed by atoms with Crippen molar-refractivity contribution in [3.63, 3.8) is 0 Å². The average molecular weight is 306 g/mol. The van der Waals surface area contributed by atoms with Crippen molar-refractivity contribution in [1.82, 2.24) is 14.7 Å². The summed E-state index contributed by atoms with van der Waals surface area (Å²) in [6.07, 6.45) is 2.14. The van der Waals surface area contributed by atoms with Gasteiger partial charge < -0.3 is 10.2 Å². The summed E-state index contributed by atoms with van der Waals surface area (Å²) >= 11 is 1.71. The standard InChI is InChI=1S/C16H26N4S/c1-11-9-19(10-12(11)2)14-13(8-17-16(3,4)5)20-6-7-21-15(20)18-14/h6-7,11-12,17H,8-10H2,1-5H3. The van der Waals surface area contributed by atoms with Gasteiger partial charge in [-0.15, -0.1) is 11.3 Å². The fraction of sp³-hybridized carbons (Fsp3) is 0.688. The second-order valence-corrected chi connectivity index (χ2v) is 8.27. The van der Waals surface area contributed by atoms with Crippen LogP contribution in [0.1, 0.15) is 40.3 Å². The predicted molar refractivity (Wildman–Crippen MR) is 90.2 cm³/mol. The van der Waals surface area contributed by atoms with Crippen LogP contribution in [0.15, 0.2) is 11.6 Å². The molecular weight excluding hydrogens is 280 g/mol. The van der Waals surface area contributed by atoms with Crippen LogP contribution in [-0.4, -0.2) is 28.0 Å². The van der Waals surface area contributed by atoms with Crippen molar-refractivity contribution in [2.24, 2.45) is 11.8 Å². The lowest BCUT2D eigenvalue weighted by Crippen LogP contribution is -2.36. The number of nitrogens with zero attached hydrogens (tertiary/aromatic N) is 3. The van der Waals surface area contributed by atoms with Crippen LogP contribution in [0.4, 0.5) is 5.82 Å². The molecule has 4 nitrogen and oxygen atoms in total. The van der Waals surface area contributed by atoms with Crippen molar-refractivity contribution in [2.75, 3.05) is 18.0 Å². The topological polar surface area (TPSA) is 32.6 Å². The summed E-state index contributed by atoms with van der Waals surface area (Å²) in [7, 11) is 0. The number of nitrogens with one attached hydrogen (secondary N) is 1. The molecule has 2 unspecified atom stereocenters. The minimum atomic E-state index is 0.114. The van der Waals surface area contributed by atoms with E-state index < -0.39 is 0 Å². The van der Waals surface area contributed by atoms with E-state index in [4.69, 9.17) is 4.98 Å². The Morgan fingerprint density at radius 1 is 1.29 bits per heavy atom. The van der Waals surface area contributed by atoms with Gasteiger partial charge in [0.1, 0.15) is 0 Å². The molecule has 1 aliphatic rings. The third-order valence-corrected chi connectivity index (χ3v) is 5.17. The van der Waals surface area contributed by atoms with Gasteiger partial charge in [-0.2, -0.15) is 0 Å². The summed E-state index contributed by atoms with van der Waals surface area (Å²) in [5.74, 6) is 2.66. The molecule has 0 saturated carbocycles. The first-order valence-electron chi connectivity index (χ1n) is 7.79. The first kappa shape index (κ1) is 14.9. The van der Waals surface area contributed by atoms with Crippen molar-refractivity contribution in [1.29, 1.82) is 0 Å². The molecule has 0 bridgehead atoms. The number of imidazole rings is 1. The van der Waals surface area contributed by atoms with Crippen molar-refractivity contribution < 1.29 is 0 Å². The molecule has 3 heterocycles. The van der Waals surface area contributed by atoms with Gasteiger partial charge in [-0.05, 0) is 32.6 Å². The highest BCUT2D eigenvalue weighted by Gasteiger charge is 2.30. The number of anilines is 1. The van der Waals surface area contributed by atoms with E-state index in [9.17, 15) is 0 Å². The van der Waals surface area contributed by atoms with Crippen LogP contribution < -0.4 is 10.2 Å². The molecule has 116 valence electrons. The van der Waals surface area contributed by atoms with E-state index >= 15 is 0 Å². The lowest BCUT2D eigenvalue weighted by atomic mass is 10.0. The summed E-state index contributed by atoms with van der Waals surface area (Å²) in [5.41, 5.74) is 1.41. The van der Waals surface area contributed by atoms with E-state index in [0.29, 0.717) is 0 Å². The summed E-state index contributed by atoms with van der Waals surface area (Å²) < 4.78 is 2.24. The van der Waals surface area contributed by atoms with Gasteiger partial charge >= 0.3 is 0 Å². The van der Waals surface area contributed by atoms with Gasteiger partial charge in [-0.1, -0.05) is 13.8 Å². The van der Waals surface area contributed by atoms with Gasteiger partial charge in [-0.3, -0.25) is 4.40 Å². The first-order valence-corrected chi connectivity index (χ1v) is 8.67. The average Bonchev–Trinajstić information content (AvgIpc) is 3.01. The highest BCUT2D eigenvalue weighted by atomic mass is 32.1. The summed E-state index contributed by atoms with van der Waals surface area (Å²) in [5, 5.41) is 5.72. The zero-order valence-electron chi connectivity index (χ0n) is 13.7. The molecular formula is C16H26N4S. The zero-order chi connectivity index (χ0) is 15.2.